The molecule has 2 aliphatic rings. The van der Waals surface area contributed by atoms with Crippen LogP contribution in [-0.2, 0) is 9.59 Å². The van der Waals surface area contributed by atoms with Crippen molar-refractivity contribution >= 4 is 70.5 Å². The summed E-state index contributed by atoms with van der Waals surface area (Å²) in [4.78, 5) is 38.0. The van der Waals surface area contributed by atoms with E-state index >= 15 is 0 Å². The molecule has 0 saturated carbocycles. The Morgan fingerprint density at radius 1 is 1.04 bits per heavy atom. The molecule has 2 aliphatic heterocycles. The van der Waals surface area contributed by atoms with Crippen LogP contribution < -0.4 is 11.1 Å². The molecule has 1 aromatic carbocycles. The molecule has 1 aromatic rings. The number of piperidine rings is 1. The molecule has 0 aromatic heterocycles. The first-order valence-electron chi connectivity index (χ1n) is 7.17. The molecule has 0 spiro atoms. The zero-order chi connectivity index (χ0) is 18.9. The molecule has 2 heterocycles. The average molecular weight is 318 g/mol. The highest BCUT2D eigenvalue weighted by molar-refractivity contribution is 6.66. The third-order valence-corrected chi connectivity index (χ3v) is 4.81. The van der Waals surface area contributed by atoms with Crippen LogP contribution in [0.15, 0.2) is 18.2 Å². The summed E-state index contributed by atoms with van der Waals surface area (Å²) in [6.07, 6.45) is 0. The number of anilines is 1. The Kier molecular flexibility index (Phi) is 3.58. The topological polar surface area (TPSA) is 92.5 Å². The maximum atomic E-state index is 12.8. The Morgan fingerprint density at radius 2 is 1.64 bits per heavy atom. The van der Waals surface area contributed by atoms with Crippen molar-refractivity contribution in [2.24, 2.45) is 0 Å². The SMILES string of the molecule is [B]C1c2c(N)cccc2C(=O)N1C1([B])C(=O)NC(=O)C([B])([B])C1([B])[B]. The van der Waals surface area contributed by atoms with Gasteiger partial charge in [0.05, 0.1) is 36.8 Å². The number of nitrogens with zero attached hydrogens (tertiary/aromatic N) is 1. The first kappa shape index (κ1) is 17.8. The number of imide groups is 1. The third-order valence-electron chi connectivity index (χ3n) is 4.81. The van der Waals surface area contributed by atoms with Gasteiger partial charge in [-0.05, 0) is 17.3 Å². The summed E-state index contributed by atoms with van der Waals surface area (Å²) in [5.74, 6) is -4.31. The number of benzene rings is 1. The van der Waals surface area contributed by atoms with Gasteiger partial charge in [-0.1, -0.05) is 11.3 Å². The third kappa shape index (κ3) is 1.91. The average Bonchev–Trinajstić information content (AvgIpc) is 2.77. The van der Waals surface area contributed by atoms with Gasteiger partial charge in [0, 0.05) is 22.8 Å². The van der Waals surface area contributed by atoms with E-state index in [0.717, 1.165) is 4.90 Å². The second-order valence-electron chi connectivity index (χ2n) is 6.22. The Balaban J connectivity index is 2.22. The van der Waals surface area contributed by atoms with Crippen LogP contribution in [0.5, 0.6) is 0 Å². The summed E-state index contributed by atoms with van der Waals surface area (Å²) in [6, 6.07) is 4.51. The first-order valence-corrected chi connectivity index (χ1v) is 7.17. The van der Waals surface area contributed by atoms with Crippen LogP contribution in [0.4, 0.5) is 5.69 Å². The van der Waals surface area contributed by atoms with E-state index in [4.69, 9.17) is 52.8 Å². The number of carbonyl (C=O) groups is 3. The van der Waals surface area contributed by atoms with Crippen molar-refractivity contribution in [3.63, 3.8) is 0 Å². The van der Waals surface area contributed by atoms with Gasteiger partial charge >= 0.3 is 0 Å². The largest absolute Gasteiger partial charge is 0.398 e. The van der Waals surface area contributed by atoms with Gasteiger partial charge < -0.3 is 10.6 Å². The highest BCUT2D eigenvalue weighted by Crippen LogP contribution is 2.56. The summed E-state index contributed by atoms with van der Waals surface area (Å²) < 4.78 is 0. The summed E-state index contributed by atoms with van der Waals surface area (Å²) in [7, 11) is 35.5. The molecular formula is C13H7B6N3O3. The molecule has 3 N–H and O–H groups in total. The van der Waals surface area contributed by atoms with Crippen LogP contribution in [0.2, 0.25) is 10.4 Å². The highest BCUT2D eigenvalue weighted by Gasteiger charge is 2.64. The van der Waals surface area contributed by atoms with Gasteiger partial charge in [0.2, 0.25) is 11.8 Å². The number of hydrogen-bond donors (Lipinski definition) is 2. The lowest BCUT2D eigenvalue weighted by molar-refractivity contribution is -0.140. The summed E-state index contributed by atoms with van der Waals surface area (Å²) in [5, 5.41) is -3.12. The minimum Gasteiger partial charge on any atom is -0.398 e. The Morgan fingerprint density at radius 3 is 2.20 bits per heavy atom. The van der Waals surface area contributed by atoms with Crippen molar-refractivity contribution in [2.45, 2.75) is 21.8 Å². The van der Waals surface area contributed by atoms with Crippen LogP contribution in [0, 0.1) is 0 Å². The Hall–Kier alpha value is -1.98. The fourth-order valence-electron chi connectivity index (χ4n) is 3.17. The van der Waals surface area contributed by atoms with Crippen LogP contribution in [-0.4, -0.2) is 75.1 Å². The molecule has 110 valence electrons. The van der Waals surface area contributed by atoms with E-state index in [-0.39, 0.29) is 16.8 Å². The maximum absolute atomic E-state index is 12.8. The number of hydrogen-bond acceptors (Lipinski definition) is 4. The molecule has 12 radical (unpaired) electrons. The molecule has 12 heteroatoms. The standard InChI is InChI=1S/C13H7B6N3O3/c14-7-6-4(2-1-3-5(6)20)8(23)22(7)12(17)10(25)21-9(24)11(15,16)13(12,18)19/h1-3,7H,20H2,(H,21,24,25). The van der Waals surface area contributed by atoms with Gasteiger partial charge in [-0.15, -0.1) is 0 Å². The van der Waals surface area contributed by atoms with E-state index in [1.54, 1.807) is 0 Å². The van der Waals surface area contributed by atoms with E-state index in [1.807, 2.05) is 5.32 Å². The van der Waals surface area contributed by atoms with Gasteiger partial charge in [-0.2, -0.15) is 0 Å². The number of fused-ring (bicyclic) bond motifs is 1. The van der Waals surface area contributed by atoms with Crippen molar-refractivity contribution in [1.29, 1.82) is 0 Å². The first-order chi connectivity index (χ1) is 11.4. The highest BCUT2D eigenvalue weighted by atomic mass is 16.2. The molecule has 2 unspecified atom stereocenters. The van der Waals surface area contributed by atoms with Gasteiger partial charge in [-0.3, -0.25) is 19.7 Å². The Bertz CT molecular complexity index is 829. The number of nitrogen functional groups attached to an aromatic ring is 1. The number of nitrogens with two attached hydrogens (primary N) is 1. The lowest BCUT2D eigenvalue weighted by Gasteiger charge is -2.61. The van der Waals surface area contributed by atoms with E-state index in [0.29, 0.717) is 0 Å². The van der Waals surface area contributed by atoms with E-state index in [9.17, 15) is 14.4 Å². The zero-order valence-corrected chi connectivity index (χ0v) is 13.0. The normalized spacial score (nSPS) is 30.0. The molecule has 0 aliphatic carbocycles. The molecule has 1 fully saturated rings. The number of amides is 3. The monoisotopic (exact) mass is 319 g/mol. The van der Waals surface area contributed by atoms with E-state index in [2.05, 4.69) is 0 Å². The maximum Gasteiger partial charge on any atom is 0.254 e. The van der Waals surface area contributed by atoms with Gasteiger partial charge in [0.25, 0.3) is 5.91 Å². The van der Waals surface area contributed by atoms with Crippen LogP contribution in [0.1, 0.15) is 21.9 Å². The van der Waals surface area contributed by atoms with Crippen LogP contribution >= 0.6 is 0 Å². The second kappa shape index (κ2) is 5.02. The fourth-order valence-corrected chi connectivity index (χ4v) is 3.17. The van der Waals surface area contributed by atoms with Crippen molar-refractivity contribution in [1.82, 2.24) is 10.2 Å². The second-order valence-corrected chi connectivity index (χ2v) is 6.22. The minimum absolute atomic E-state index is 0.123. The van der Waals surface area contributed by atoms with Crippen molar-refractivity contribution in [2.75, 3.05) is 5.73 Å². The quantitative estimate of drug-likeness (QED) is 0.335. The van der Waals surface area contributed by atoms with Crippen molar-refractivity contribution in [3.8, 4) is 0 Å². The molecular weight excluding hydrogens is 311 g/mol. The summed E-state index contributed by atoms with van der Waals surface area (Å²) >= 11 is 0. The zero-order valence-electron chi connectivity index (χ0n) is 13.0. The number of rotatable bonds is 1. The van der Waals surface area contributed by atoms with Crippen LogP contribution in [0.25, 0.3) is 0 Å². The lowest BCUT2D eigenvalue weighted by Crippen LogP contribution is -2.75. The predicted molar refractivity (Wildman–Crippen MR) is 95.6 cm³/mol. The smallest absolute Gasteiger partial charge is 0.254 e. The van der Waals surface area contributed by atoms with Gasteiger partial charge in [0.15, 0.2) is 0 Å². The van der Waals surface area contributed by atoms with Gasteiger partial charge in [0.1, 0.15) is 15.7 Å². The summed E-state index contributed by atoms with van der Waals surface area (Å²) in [5.41, 5.74) is 3.93. The predicted octanol–water partition coefficient (Wildman–Crippen LogP) is -2.68. The fraction of sp³-hybridized carbons (Fsp3) is 0.308. The van der Waals surface area contributed by atoms with Crippen LogP contribution in [0.3, 0.4) is 0 Å². The van der Waals surface area contributed by atoms with Gasteiger partial charge in [-0.25, -0.2) is 0 Å². The molecule has 0 bridgehead atoms. The molecule has 3 rings (SSSR count). The molecule has 1 saturated heterocycles. The Labute approximate surface area is 152 Å². The lowest BCUT2D eigenvalue weighted by atomic mass is 9.21. The van der Waals surface area contributed by atoms with E-state index < -0.39 is 39.5 Å². The molecule has 3 amide bonds. The number of carbonyl (C=O) groups excluding carboxylic acids is 3. The minimum atomic E-state index is -2.54. The molecule has 25 heavy (non-hydrogen) atoms. The number of nitrogens with one attached hydrogen (secondary N) is 1. The summed E-state index contributed by atoms with van der Waals surface area (Å²) in [6.45, 7) is 0. The van der Waals surface area contributed by atoms with Crippen molar-refractivity contribution in [3.05, 3.63) is 29.3 Å². The van der Waals surface area contributed by atoms with Crippen molar-refractivity contribution < 1.29 is 14.4 Å². The molecule has 6 nitrogen and oxygen atoms in total. The molecule has 2 atom stereocenters. The van der Waals surface area contributed by atoms with E-state index in [1.165, 1.54) is 18.2 Å².